The summed E-state index contributed by atoms with van der Waals surface area (Å²) in [5.41, 5.74) is 11.5. The quantitative estimate of drug-likeness (QED) is 0.409. The molecule has 0 unspecified atom stereocenters. The normalized spacial score (nSPS) is 13.7. The van der Waals surface area contributed by atoms with Crippen molar-refractivity contribution in [3.8, 4) is 11.4 Å². The summed E-state index contributed by atoms with van der Waals surface area (Å²) < 4.78 is 9.00. The number of carbonyl (C=O) groups excluding carboxylic acids is 1. The summed E-state index contributed by atoms with van der Waals surface area (Å²) in [4.78, 5) is 22.1. The van der Waals surface area contributed by atoms with Gasteiger partial charge in [0.05, 0.1) is 23.3 Å². The average Bonchev–Trinajstić information content (AvgIpc) is 3.57. The number of aryl methyl sites for hydroxylation is 1. The van der Waals surface area contributed by atoms with E-state index < -0.39 is 0 Å². The SMILES string of the molecule is Cc1nn(-c2ccc3onc(N)c3c2)c2c1CCN(c1ccc(-n3ccnc3CN(C)C)cc1)C2=O. The van der Waals surface area contributed by atoms with Crippen molar-refractivity contribution < 1.29 is 9.32 Å². The van der Waals surface area contributed by atoms with Crippen molar-refractivity contribution in [2.45, 2.75) is 19.9 Å². The Morgan fingerprint density at radius 3 is 2.61 bits per heavy atom. The Morgan fingerprint density at radius 2 is 1.83 bits per heavy atom. The molecule has 2 N–H and O–H groups in total. The Bertz CT molecular complexity index is 1590. The van der Waals surface area contributed by atoms with E-state index >= 15 is 0 Å². The maximum atomic E-state index is 13.8. The Hall–Kier alpha value is -4.44. The van der Waals surface area contributed by atoms with E-state index in [1.54, 1.807) is 16.9 Å². The topological polar surface area (TPSA) is 111 Å². The zero-order valence-electron chi connectivity index (χ0n) is 20.3. The molecule has 0 saturated heterocycles. The van der Waals surface area contributed by atoms with Gasteiger partial charge in [0.1, 0.15) is 11.5 Å². The highest BCUT2D eigenvalue weighted by Gasteiger charge is 2.32. The van der Waals surface area contributed by atoms with E-state index in [1.807, 2.05) is 68.5 Å². The number of amides is 1. The van der Waals surface area contributed by atoms with Crippen LogP contribution in [-0.2, 0) is 13.0 Å². The Labute approximate surface area is 207 Å². The van der Waals surface area contributed by atoms with Gasteiger partial charge in [0, 0.05) is 35.9 Å². The van der Waals surface area contributed by atoms with Crippen molar-refractivity contribution in [3.63, 3.8) is 0 Å². The number of fused-ring (bicyclic) bond motifs is 2. The first-order valence-electron chi connectivity index (χ1n) is 11.7. The summed E-state index contributed by atoms with van der Waals surface area (Å²) in [6.45, 7) is 3.26. The monoisotopic (exact) mass is 482 g/mol. The first kappa shape index (κ1) is 22.1. The fourth-order valence-corrected chi connectivity index (χ4v) is 4.80. The second-order valence-electron chi connectivity index (χ2n) is 9.25. The van der Waals surface area contributed by atoms with Crippen molar-refractivity contribution in [2.75, 3.05) is 31.3 Å². The van der Waals surface area contributed by atoms with Crippen LogP contribution in [0, 0.1) is 6.92 Å². The molecule has 0 fully saturated rings. The van der Waals surface area contributed by atoms with Gasteiger partial charge in [-0.15, -0.1) is 0 Å². The molecule has 0 aliphatic carbocycles. The fraction of sp³-hybridized carbons (Fsp3) is 0.231. The van der Waals surface area contributed by atoms with Crippen molar-refractivity contribution in [1.82, 2.24) is 29.4 Å². The molecule has 0 spiro atoms. The van der Waals surface area contributed by atoms with Gasteiger partial charge in [-0.25, -0.2) is 9.67 Å². The second kappa shape index (κ2) is 8.35. The number of aromatic nitrogens is 5. The van der Waals surface area contributed by atoms with Gasteiger partial charge in [0.2, 0.25) is 0 Å². The summed E-state index contributed by atoms with van der Waals surface area (Å²) in [5.74, 6) is 1.18. The first-order valence-corrected chi connectivity index (χ1v) is 11.7. The summed E-state index contributed by atoms with van der Waals surface area (Å²) in [7, 11) is 4.04. The number of nitrogen functional groups attached to an aromatic ring is 1. The molecule has 3 aromatic heterocycles. The second-order valence-corrected chi connectivity index (χ2v) is 9.25. The maximum absolute atomic E-state index is 13.8. The van der Waals surface area contributed by atoms with Gasteiger partial charge in [-0.05, 0) is 69.9 Å². The van der Waals surface area contributed by atoms with Crippen LogP contribution in [-0.4, -0.2) is 55.9 Å². The van der Waals surface area contributed by atoms with Crippen LogP contribution in [0.25, 0.3) is 22.3 Å². The summed E-state index contributed by atoms with van der Waals surface area (Å²) >= 11 is 0. The Balaban J connectivity index is 1.34. The highest BCUT2D eigenvalue weighted by atomic mass is 16.5. The van der Waals surface area contributed by atoms with E-state index in [2.05, 4.69) is 19.6 Å². The third kappa shape index (κ3) is 3.54. The molecule has 0 atom stereocenters. The summed E-state index contributed by atoms with van der Waals surface area (Å²) in [6, 6.07) is 13.5. The first-order chi connectivity index (χ1) is 17.4. The van der Waals surface area contributed by atoms with Gasteiger partial charge < -0.3 is 24.6 Å². The summed E-state index contributed by atoms with van der Waals surface area (Å²) in [5, 5.41) is 9.22. The molecule has 6 rings (SSSR count). The lowest BCUT2D eigenvalue weighted by atomic mass is 10.0. The van der Waals surface area contributed by atoms with Gasteiger partial charge in [-0.2, -0.15) is 5.10 Å². The maximum Gasteiger partial charge on any atom is 0.277 e. The number of carbonyl (C=O) groups is 1. The molecule has 0 radical (unpaired) electrons. The van der Waals surface area contributed by atoms with Gasteiger partial charge in [0.15, 0.2) is 11.4 Å². The number of rotatable bonds is 5. The number of imidazole rings is 1. The van der Waals surface area contributed by atoms with E-state index in [0.29, 0.717) is 29.0 Å². The predicted octanol–water partition coefficient (Wildman–Crippen LogP) is 3.35. The number of hydrogen-bond donors (Lipinski definition) is 1. The molecule has 1 amide bonds. The van der Waals surface area contributed by atoms with Crippen LogP contribution in [0.3, 0.4) is 0 Å². The molecule has 1 aliphatic rings. The van der Waals surface area contributed by atoms with Crippen LogP contribution < -0.4 is 10.6 Å². The van der Waals surface area contributed by atoms with Crippen LogP contribution in [0.1, 0.15) is 27.6 Å². The lowest BCUT2D eigenvalue weighted by Crippen LogP contribution is -2.38. The zero-order valence-corrected chi connectivity index (χ0v) is 20.3. The molecule has 1 aliphatic heterocycles. The predicted molar refractivity (Wildman–Crippen MR) is 137 cm³/mol. The molecular weight excluding hydrogens is 456 g/mol. The van der Waals surface area contributed by atoms with Crippen molar-refractivity contribution in [1.29, 1.82) is 0 Å². The average molecular weight is 483 g/mol. The third-order valence-electron chi connectivity index (χ3n) is 6.56. The standard InChI is InChI=1S/C26H26N8O2/c1-16-20-10-12-33(18-6-4-17(5-7-18)32-13-11-28-23(32)15-31(2)3)26(35)24(20)34(29-16)19-8-9-22-21(14-19)25(27)30-36-22/h4-9,11,13-14H,10,12,15H2,1-3H3,(H2,27,30). The number of benzene rings is 2. The van der Waals surface area contributed by atoms with Gasteiger partial charge in [-0.3, -0.25) is 4.79 Å². The lowest BCUT2D eigenvalue weighted by Gasteiger charge is -2.28. The summed E-state index contributed by atoms with van der Waals surface area (Å²) in [6.07, 6.45) is 4.48. The molecule has 36 heavy (non-hydrogen) atoms. The van der Waals surface area contributed by atoms with E-state index in [1.165, 1.54) is 0 Å². The molecule has 0 bridgehead atoms. The minimum absolute atomic E-state index is 0.0843. The molecule has 182 valence electrons. The van der Waals surface area contributed by atoms with E-state index in [4.69, 9.17) is 15.4 Å². The number of hydrogen-bond acceptors (Lipinski definition) is 7. The molecule has 10 heteroatoms. The van der Waals surface area contributed by atoms with Crippen LogP contribution in [0.15, 0.2) is 59.4 Å². The third-order valence-corrected chi connectivity index (χ3v) is 6.56. The zero-order chi connectivity index (χ0) is 25.0. The molecular formula is C26H26N8O2. The van der Waals surface area contributed by atoms with Crippen molar-refractivity contribution >= 4 is 28.4 Å². The van der Waals surface area contributed by atoms with Gasteiger partial charge >= 0.3 is 0 Å². The number of anilines is 2. The lowest BCUT2D eigenvalue weighted by molar-refractivity contribution is 0.0973. The fourth-order valence-electron chi connectivity index (χ4n) is 4.80. The highest BCUT2D eigenvalue weighted by molar-refractivity contribution is 6.07. The van der Waals surface area contributed by atoms with Crippen molar-refractivity contribution in [3.05, 3.63) is 77.6 Å². The Kier molecular flexibility index (Phi) is 5.11. The molecule has 2 aromatic carbocycles. The molecule has 5 aromatic rings. The van der Waals surface area contributed by atoms with E-state index in [-0.39, 0.29) is 5.91 Å². The van der Waals surface area contributed by atoms with Crippen LogP contribution in [0.4, 0.5) is 11.5 Å². The molecule has 10 nitrogen and oxygen atoms in total. The molecule has 0 saturated carbocycles. The van der Waals surface area contributed by atoms with Crippen LogP contribution in [0.2, 0.25) is 0 Å². The highest BCUT2D eigenvalue weighted by Crippen LogP contribution is 2.31. The minimum Gasteiger partial charge on any atom is -0.380 e. The van der Waals surface area contributed by atoms with Crippen molar-refractivity contribution in [2.24, 2.45) is 0 Å². The largest absolute Gasteiger partial charge is 0.380 e. The van der Waals surface area contributed by atoms with Gasteiger partial charge in [-0.1, -0.05) is 5.16 Å². The van der Waals surface area contributed by atoms with Crippen LogP contribution >= 0.6 is 0 Å². The van der Waals surface area contributed by atoms with Gasteiger partial charge in [0.25, 0.3) is 5.91 Å². The number of nitrogens with zero attached hydrogens (tertiary/aromatic N) is 7. The van der Waals surface area contributed by atoms with E-state index in [0.717, 1.165) is 47.1 Å². The smallest absolute Gasteiger partial charge is 0.277 e. The Morgan fingerprint density at radius 1 is 1.08 bits per heavy atom. The van der Waals surface area contributed by atoms with E-state index in [9.17, 15) is 4.79 Å². The van der Waals surface area contributed by atoms with Crippen LogP contribution in [0.5, 0.6) is 0 Å². The molecule has 4 heterocycles. The minimum atomic E-state index is -0.0843. The number of nitrogens with two attached hydrogens (primary N) is 1.